The molecule has 0 radical (unpaired) electrons. The van der Waals surface area contributed by atoms with E-state index in [4.69, 9.17) is 16.3 Å². The van der Waals surface area contributed by atoms with Gasteiger partial charge in [0.05, 0.1) is 16.8 Å². The lowest BCUT2D eigenvalue weighted by atomic mass is 9.97. The van der Waals surface area contributed by atoms with Crippen LogP contribution in [0.4, 0.5) is 5.69 Å². The average molecular weight is 374 g/mol. The molecule has 3 nitrogen and oxygen atoms in total. The Morgan fingerprint density at radius 3 is 3.05 bits per heavy atom. The second-order valence-electron chi connectivity index (χ2n) is 5.89. The smallest absolute Gasteiger partial charge is 0.156 e. The first kappa shape index (κ1) is 15.4. The number of nitrogens with zero attached hydrogens (tertiary/aromatic N) is 1. The Kier molecular flexibility index (Phi) is 4.97. The monoisotopic (exact) mass is 372 g/mol. The minimum atomic E-state index is 0.508. The third kappa shape index (κ3) is 3.49. The minimum absolute atomic E-state index is 0.508. The van der Waals surface area contributed by atoms with Gasteiger partial charge in [0.2, 0.25) is 0 Å². The molecule has 2 saturated heterocycles. The van der Waals surface area contributed by atoms with Crippen LogP contribution in [-0.4, -0.2) is 36.7 Å². The number of fused-ring (bicyclic) bond motifs is 1. The van der Waals surface area contributed by atoms with Crippen molar-refractivity contribution in [3.63, 3.8) is 0 Å². The van der Waals surface area contributed by atoms with E-state index in [1.807, 2.05) is 19.1 Å². The van der Waals surface area contributed by atoms with Crippen molar-refractivity contribution in [3.8, 4) is 5.75 Å². The predicted octanol–water partition coefficient (Wildman–Crippen LogP) is 4.54. The van der Waals surface area contributed by atoms with Gasteiger partial charge in [0.15, 0.2) is 5.75 Å². The minimum Gasteiger partial charge on any atom is -0.491 e. The highest BCUT2D eigenvalue weighted by molar-refractivity contribution is 9.10. The Labute approximate surface area is 140 Å². The molecule has 0 bridgehead atoms. The van der Waals surface area contributed by atoms with Crippen molar-refractivity contribution in [2.24, 2.45) is 0 Å². The third-order valence-electron chi connectivity index (χ3n) is 4.48. The van der Waals surface area contributed by atoms with Gasteiger partial charge < -0.3 is 15.0 Å². The summed E-state index contributed by atoms with van der Waals surface area (Å²) in [6.07, 6.45) is 5.10. The maximum atomic E-state index is 6.20. The van der Waals surface area contributed by atoms with E-state index in [1.54, 1.807) is 0 Å². The Bertz CT molecular complexity index is 511. The molecule has 5 heteroatoms. The first-order chi connectivity index (χ1) is 10.2. The normalized spacial score (nSPS) is 25.7. The molecule has 1 aromatic rings. The van der Waals surface area contributed by atoms with E-state index < -0.39 is 0 Å². The largest absolute Gasteiger partial charge is 0.491 e. The van der Waals surface area contributed by atoms with Crippen molar-refractivity contribution in [2.45, 2.75) is 44.7 Å². The lowest BCUT2D eigenvalue weighted by Crippen LogP contribution is -2.42. The van der Waals surface area contributed by atoms with Crippen LogP contribution in [0.25, 0.3) is 0 Å². The van der Waals surface area contributed by atoms with Gasteiger partial charge in [0.25, 0.3) is 0 Å². The Balaban J connectivity index is 1.74. The number of ether oxygens (including phenoxy) is 1. The summed E-state index contributed by atoms with van der Waals surface area (Å²) in [7, 11) is 0. The molecule has 2 fully saturated rings. The second kappa shape index (κ2) is 6.76. The number of hydrogen-bond acceptors (Lipinski definition) is 3. The van der Waals surface area contributed by atoms with Gasteiger partial charge in [0.1, 0.15) is 0 Å². The first-order valence-electron chi connectivity index (χ1n) is 7.79. The van der Waals surface area contributed by atoms with Gasteiger partial charge in [-0.2, -0.15) is 0 Å². The molecule has 2 atom stereocenters. The third-order valence-corrected chi connectivity index (χ3v) is 5.28. The van der Waals surface area contributed by atoms with Crippen LogP contribution in [0.15, 0.2) is 16.6 Å². The second-order valence-corrected chi connectivity index (χ2v) is 7.19. The van der Waals surface area contributed by atoms with Crippen LogP contribution in [0.2, 0.25) is 5.02 Å². The topological polar surface area (TPSA) is 24.5 Å². The standard InChI is InChI=1S/C16H22BrClN2O/c1-2-21-16-14(17)8-11(18)9-15(16)19-12-5-7-20-6-3-4-13(20)10-12/h8-9,12-13,19H,2-7,10H2,1H3. The van der Waals surface area contributed by atoms with Crippen LogP contribution in [0.1, 0.15) is 32.6 Å². The van der Waals surface area contributed by atoms with Crippen LogP contribution in [-0.2, 0) is 0 Å². The summed E-state index contributed by atoms with van der Waals surface area (Å²) in [4.78, 5) is 2.63. The zero-order chi connectivity index (χ0) is 14.8. The van der Waals surface area contributed by atoms with Gasteiger partial charge >= 0.3 is 0 Å². The fourth-order valence-electron chi connectivity index (χ4n) is 3.53. The molecule has 2 aliphatic heterocycles. The zero-order valence-corrected chi connectivity index (χ0v) is 14.7. The van der Waals surface area contributed by atoms with Gasteiger partial charge in [-0.1, -0.05) is 11.6 Å². The van der Waals surface area contributed by atoms with Crippen LogP contribution >= 0.6 is 27.5 Å². The quantitative estimate of drug-likeness (QED) is 0.838. The molecule has 0 saturated carbocycles. The van der Waals surface area contributed by atoms with E-state index in [2.05, 4.69) is 26.1 Å². The van der Waals surface area contributed by atoms with Crippen LogP contribution in [0.5, 0.6) is 5.75 Å². The van der Waals surface area contributed by atoms with E-state index >= 15 is 0 Å². The molecule has 2 aliphatic rings. The van der Waals surface area contributed by atoms with Gasteiger partial charge in [-0.05, 0) is 67.2 Å². The van der Waals surface area contributed by atoms with Gasteiger partial charge in [-0.15, -0.1) is 0 Å². The summed E-state index contributed by atoms with van der Waals surface area (Å²) in [6, 6.07) is 5.12. The number of rotatable bonds is 4. The molecule has 2 heterocycles. The molecule has 0 aliphatic carbocycles. The van der Waals surface area contributed by atoms with E-state index in [-0.39, 0.29) is 0 Å². The fourth-order valence-corrected chi connectivity index (χ4v) is 4.46. The van der Waals surface area contributed by atoms with Gasteiger partial charge in [0, 0.05) is 23.7 Å². The van der Waals surface area contributed by atoms with Crippen LogP contribution < -0.4 is 10.1 Å². The molecule has 0 amide bonds. The summed E-state index contributed by atoms with van der Waals surface area (Å²) in [5.41, 5.74) is 1.01. The maximum absolute atomic E-state index is 6.20. The predicted molar refractivity (Wildman–Crippen MR) is 91.6 cm³/mol. The summed E-state index contributed by atoms with van der Waals surface area (Å²) in [6.45, 7) is 5.14. The summed E-state index contributed by atoms with van der Waals surface area (Å²) < 4.78 is 6.69. The van der Waals surface area contributed by atoms with E-state index in [0.717, 1.165) is 27.0 Å². The number of piperidine rings is 1. The number of anilines is 1. The van der Waals surface area contributed by atoms with Gasteiger partial charge in [-0.25, -0.2) is 0 Å². The molecular formula is C16H22BrClN2O. The molecule has 116 valence electrons. The molecule has 0 spiro atoms. The highest BCUT2D eigenvalue weighted by Gasteiger charge is 2.32. The fraction of sp³-hybridized carbons (Fsp3) is 0.625. The number of benzene rings is 1. The van der Waals surface area contributed by atoms with Gasteiger partial charge in [-0.3, -0.25) is 0 Å². The molecule has 2 unspecified atom stereocenters. The zero-order valence-electron chi connectivity index (χ0n) is 12.4. The molecule has 21 heavy (non-hydrogen) atoms. The molecular weight excluding hydrogens is 352 g/mol. The lowest BCUT2D eigenvalue weighted by molar-refractivity contribution is 0.188. The molecule has 0 aromatic heterocycles. The number of nitrogens with one attached hydrogen (secondary N) is 1. The maximum Gasteiger partial charge on any atom is 0.156 e. The lowest BCUT2D eigenvalue weighted by Gasteiger charge is -2.35. The van der Waals surface area contributed by atoms with E-state index in [1.165, 1.54) is 38.8 Å². The number of halogens is 2. The van der Waals surface area contributed by atoms with Crippen molar-refractivity contribution >= 4 is 33.2 Å². The Hall–Kier alpha value is -0.450. The number of hydrogen-bond donors (Lipinski definition) is 1. The average Bonchev–Trinajstić information content (AvgIpc) is 2.90. The summed E-state index contributed by atoms with van der Waals surface area (Å²) in [5, 5.41) is 4.39. The SMILES string of the molecule is CCOc1c(Br)cc(Cl)cc1NC1CCN2CCCC2C1. The highest BCUT2D eigenvalue weighted by atomic mass is 79.9. The molecule has 3 rings (SSSR count). The van der Waals surface area contributed by atoms with Crippen molar-refractivity contribution in [2.75, 3.05) is 25.0 Å². The highest BCUT2D eigenvalue weighted by Crippen LogP contribution is 2.38. The van der Waals surface area contributed by atoms with E-state index in [0.29, 0.717) is 12.6 Å². The Morgan fingerprint density at radius 1 is 1.38 bits per heavy atom. The van der Waals surface area contributed by atoms with Crippen molar-refractivity contribution < 1.29 is 4.74 Å². The molecule has 1 N–H and O–H groups in total. The molecule has 1 aromatic carbocycles. The summed E-state index contributed by atoms with van der Waals surface area (Å²) >= 11 is 9.75. The van der Waals surface area contributed by atoms with Crippen molar-refractivity contribution in [1.82, 2.24) is 4.90 Å². The first-order valence-corrected chi connectivity index (χ1v) is 8.97. The van der Waals surface area contributed by atoms with Crippen LogP contribution in [0, 0.1) is 0 Å². The van der Waals surface area contributed by atoms with Crippen molar-refractivity contribution in [3.05, 3.63) is 21.6 Å². The summed E-state index contributed by atoms with van der Waals surface area (Å²) in [5.74, 6) is 0.871. The Morgan fingerprint density at radius 2 is 2.24 bits per heavy atom. The van der Waals surface area contributed by atoms with E-state index in [9.17, 15) is 0 Å². The van der Waals surface area contributed by atoms with Crippen LogP contribution in [0.3, 0.4) is 0 Å². The van der Waals surface area contributed by atoms with Crippen molar-refractivity contribution in [1.29, 1.82) is 0 Å².